The van der Waals surface area contributed by atoms with Crippen molar-refractivity contribution in [3.63, 3.8) is 0 Å². The summed E-state index contributed by atoms with van der Waals surface area (Å²) in [5.74, 6) is -0.666. The molecular weight excluding hydrogens is 358 g/mol. The second-order valence-corrected chi connectivity index (χ2v) is 6.76. The third-order valence-corrected chi connectivity index (χ3v) is 4.68. The highest BCUT2D eigenvalue weighted by molar-refractivity contribution is 6.06. The van der Waals surface area contributed by atoms with Gasteiger partial charge in [0.15, 0.2) is 5.43 Å². The number of amides is 1. The van der Waals surface area contributed by atoms with Crippen molar-refractivity contribution in [2.24, 2.45) is 0 Å². The van der Waals surface area contributed by atoms with E-state index in [-0.39, 0.29) is 16.6 Å². The summed E-state index contributed by atoms with van der Waals surface area (Å²) >= 11 is 0. The van der Waals surface area contributed by atoms with Gasteiger partial charge in [-0.15, -0.1) is 0 Å². The summed E-state index contributed by atoms with van der Waals surface area (Å²) in [6.07, 6.45) is 3.33. The molecule has 0 saturated heterocycles. The minimum absolute atomic E-state index is 0.0190. The van der Waals surface area contributed by atoms with E-state index in [2.05, 4.69) is 5.32 Å². The van der Waals surface area contributed by atoms with Crippen molar-refractivity contribution in [3.05, 3.63) is 62.2 Å². The number of carbonyl (C=O) groups excluding carboxylic acids is 1. The monoisotopic (exact) mass is 385 g/mol. The normalized spacial score (nSPS) is 10.7. The Morgan fingerprint density at radius 1 is 1.07 bits per heavy atom. The number of carboxylic acids is 1. The molecule has 2 N–H and O–H groups in total. The Kier molecular flexibility index (Phi) is 7.15. The van der Waals surface area contributed by atoms with E-state index in [4.69, 9.17) is 4.42 Å². The van der Waals surface area contributed by atoms with Crippen molar-refractivity contribution < 1.29 is 19.1 Å². The van der Waals surface area contributed by atoms with Crippen LogP contribution in [0.4, 0.5) is 5.69 Å². The number of benzene rings is 1. The van der Waals surface area contributed by atoms with Gasteiger partial charge in [0.1, 0.15) is 17.1 Å². The van der Waals surface area contributed by atoms with Gasteiger partial charge in [0.25, 0.3) is 5.91 Å². The molecule has 1 aromatic heterocycles. The fourth-order valence-corrected chi connectivity index (χ4v) is 3.21. The minimum Gasteiger partial charge on any atom is -0.478 e. The Balaban J connectivity index is 2.51. The van der Waals surface area contributed by atoms with E-state index in [1.54, 1.807) is 19.1 Å². The molecule has 0 radical (unpaired) electrons. The standard InChI is InChI=1S/C22H27NO5/c1-5-8-9-18-19(17(24)10-13(4)28-18)21(25)23-20-14(6-2)11-16(22(26)27)12-15(20)7-3/h10-12H,5-9H2,1-4H3,(H,23,25)(H,26,27). The summed E-state index contributed by atoms with van der Waals surface area (Å²) in [4.78, 5) is 36.9. The molecule has 0 saturated carbocycles. The predicted molar refractivity (Wildman–Crippen MR) is 108 cm³/mol. The first kappa shape index (κ1) is 21.4. The molecular formula is C22H27NO5. The molecule has 6 heteroatoms. The summed E-state index contributed by atoms with van der Waals surface area (Å²) in [5, 5.41) is 12.2. The zero-order valence-corrected chi connectivity index (χ0v) is 16.8. The minimum atomic E-state index is -1.01. The maximum Gasteiger partial charge on any atom is 0.335 e. The number of rotatable bonds is 8. The van der Waals surface area contributed by atoms with Gasteiger partial charge in [-0.05, 0) is 49.4 Å². The average Bonchev–Trinajstić information content (AvgIpc) is 2.65. The van der Waals surface area contributed by atoms with E-state index in [0.717, 1.165) is 24.0 Å². The molecule has 0 aliphatic heterocycles. The summed E-state index contributed by atoms with van der Waals surface area (Å²) in [6, 6.07) is 4.44. The molecule has 150 valence electrons. The van der Waals surface area contributed by atoms with Crippen LogP contribution in [0.3, 0.4) is 0 Å². The van der Waals surface area contributed by atoms with E-state index < -0.39 is 11.9 Å². The van der Waals surface area contributed by atoms with Gasteiger partial charge in [0.2, 0.25) is 0 Å². The lowest BCUT2D eigenvalue weighted by Crippen LogP contribution is -2.25. The first-order valence-corrected chi connectivity index (χ1v) is 9.66. The van der Waals surface area contributed by atoms with Gasteiger partial charge in [0.05, 0.1) is 5.56 Å². The molecule has 28 heavy (non-hydrogen) atoms. The maximum atomic E-state index is 13.0. The van der Waals surface area contributed by atoms with E-state index in [1.165, 1.54) is 6.07 Å². The van der Waals surface area contributed by atoms with Gasteiger partial charge in [-0.2, -0.15) is 0 Å². The lowest BCUT2D eigenvalue weighted by Gasteiger charge is -2.16. The van der Waals surface area contributed by atoms with Crippen molar-refractivity contribution in [1.29, 1.82) is 0 Å². The zero-order valence-electron chi connectivity index (χ0n) is 16.8. The molecule has 0 spiro atoms. The SMILES string of the molecule is CCCCc1oc(C)cc(=O)c1C(=O)Nc1c(CC)cc(C(=O)O)cc1CC. The molecule has 0 aliphatic carbocycles. The van der Waals surface area contributed by atoms with Gasteiger partial charge in [-0.25, -0.2) is 4.79 Å². The third kappa shape index (κ3) is 4.68. The number of nitrogens with one attached hydrogen (secondary N) is 1. The Hall–Kier alpha value is -2.89. The molecule has 1 aromatic carbocycles. The van der Waals surface area contributed by atoms with Crippen molar-refractivity contribution >= 4 is 17.6 Å². The fourth-order valence-electron chi connectivity index (χ4n) is 3.21. The number of unbranched alkanes of at least 4 members (excludes halogenated alkanes) is 1. The van der Waals surface area contributed by atoms with Crippen LogP contribution >= 0.6 is 0 Å². The molecule has 2 rings (SSSR count). The summed E-state index contributed by atoms with van der Waals surface area (Å²) < 4.78 is 5.68. The van der Waals surface area contributed by atoms with Crippen LogP contribution < -0.4 is 10.7 Å². The van der Waals surface area contributed by atoms with Gasteiger partial charge >= 0.3 is 5.97 Å². The van der Waals surface area contributed by atoms with E-state index in [1.807, 2.05) is 20.8 Å². The molecule has 0 fully saturated rings. The van der Waals surface area contributed by atoms with E-state index in [0.29, 0.717) is 36.5 Å². The quantitative estimate of drug-likeness (QED) is 0.703. The average molecular weight is 385 g/mol. The first-order valence-electron chi connectivity index (χ1n) is 9.66. The van der Waals surface area contributed by atoms with Gasteiger partial charge in [0, 0.05) is 18.2 Å². The molecule has 2 aromatic rings. The number of carboxylic acid groups (broad SMARTS) is 1. The molecule has 0 aliphatic rings. The fraction of sp³-hybridized carbons (Fsp3) is 0.409. The highest BCUT2D eigenvalue weighted by Gasteiger charge is 2.21. The van der Waals surface area contributed by atoms with E-state index >= 15 is 0 Å². The van der Waals surface area contributed by atoms with Crippen LogP contribution in [0.2, 0.25) is 0 Å². The van der Waals surface area contributed by atoms with Crippen molar-refractivity contribution in [2.75, 3.05) is 5.32 Å². The van der Waals surface area contributed by atoms with Gasteiger partial charge < -0.3 is 14.8 Å². The molecule has 0 unspecified atom stereocenters. The van der Waals surface area contributed by atoms with Crippen LogP contribution in [0, 0.1) is 6.92 Å². The van der Waals surface area contributed by atoms with Crippen LogP contribution in [0.25, 0.3) is 0 Å². The summed E-state index contributed by atoms with van der Waals surface area (Å²) in [7, 11) is 0. The summed E-state index contributed by atoms with van der Waals surface area (Å²) in [5.41, 5.74) is 1.84. The first-order chi connectivity index (χ1) is 13.3. The van der Waals surface area contributed by atoms with Crippen LogP contribution in [0.1, 0.15) is 77.0 Å². The lowest BCUT2D eigenvalue weighted by atomic mass is 9.98. The largest absolute Gasteiger partial charge is 0.478 e. The molecule has 0 bridgehead atoms. The number of aryl methyl sites for hydroxylation is 4. The van der Waals surface area contributed by atoms with Gasteiger partial charge in [-0.3, -0.25) is 9.59 Å². The Labute approximate surface area is 164 Å². The van der Waals surface area contributed by atoms with Crippen molar-refractivity contribution in [1.82, 2.24) is 0 Å². The van der Waals surface area contributed by atoms with E-state index in [9.17, 15) is 19.5 Å². The topological polar surface area (TPSA) is 96.6 Å². The number of carbonyl (C=O) groups is 2. The van der Waals surface area contributed by atoms with Crippen molar-refractivity contribution in [2.45, 2.75) is 59.8 Å². The third-order valence-electron chi connectivity index (χ3n) is 4.68. The Morgan fingerprint density at radius 3 is 2.18 bits per heavy atom. The molecule has 0 atom stereocenters. The lowest BCUT2D eigenvalue weighted by molar-refractivity contribution is 0.0696. The van der Waals surface area contributed by atoms with Crippen LogP contribution in [-0.2, 0) is 19.3 Å². The number of hydrogen-bond acceptors (Lipinski definition) is 4. The predicted octanol–water partition coefficient (Wildman–Crippen LogP) is 4.37. The smallest absolute Gasteiger partial charge is 0.335 e. The highest BCUT2D eigenvalue weighted by Crippen LogP contribution is 2.26. The molecule has 1 amide bonds. The highest BCUT2D eigenvalue weighted by atomic mass is 16.4. The van der Waals surface area contributed by atoms with Crippen LogP contribution in [0.15, 0.2) is 27.4 Å². The zero-order chi connectivity index (χ0) is 20.8. The maximum absolute atomic E-state index is 13.0. The Bertz CT molecular complexity index is 917. The number of anilines is 1. The van der Waals surface area contributed by atoms with Crippen LogP contribution in [-0.4, -0.2) is 17.0 Å². The summed E-state index contributed by atoms with van der Waals surface area (Å²) in [6.45, 7) is 7.50. The second-order valence-electron chi connectivity index (χ2n) is 6.76. The second kappa shape index (κ2) is 9.35. The number of aromatic carboxylic acids is 1. The van der Waals surface area contributed by atoms with Crippen molar-refractivity contribution in [3.8, 4) is 0 Å². The number of hydrogen-bond donors (Lipinski definition) is 2. The molecule has 1 heterocycles. The Morgan fingerprint density at radius 2 is 1.68 bits per heavy atom. The molecule has 6 nitrogen and oxygen atoms in total. The van der Waals surface area contributed by atoms with Crippen LogP contribution in [0.5, 0.6) is 0 Å². The van der Waals surface area contributed by atoms with Gasteiger partial charge in [-0.1, -0.05) is 27.2 Å².